The Kier molecular flexibility index (Phi) is 2.45. The van der Waals surface area contributed by atoms with Gasteiger partial charge >= 0.3 is 0 Å². The summed E-state index contributed by atoms with van der Waals surface area (Å²) < 4.78 is 1.52. The molecule has 1 aromatic rings. The van der Waals surface area contributed by atoms with Gasteiger partial charge in [-0.15, -0.1) is 5.10 Å². The monoisotopic (exact) mass is 182 g/mol. The molecule has 5 heteroatoms. The van der Waals surface area contributed by atoms with Crippen molar-refractivity contribution in [1.82, 2.24) is 20.2 Å². The molecule has 13 heavy (non-hydrogen) atoms. The number of aromatic nitrogens is 4. The largest absolute Gasteiger partial charge is 0.299 e. The van der Waals surface area contributed by atoms with E-state index in [2.05, 4.69) is 15.5 Å². The van der Waals surface area contributed by atoms with Crippen molar-refractivity contribution in [1.29, 1.82) is 0 Å². The molecule has 0 bridgehead atoms. The Morgan fingerprint density at radius 3 is 2.46 bits per heavy atom. The highest BCUT2D eigenvalue weighted by molar-refractivity contribution is 5.85. The van der Waals surface area contributed by atoms with Gasteiger partial charge in [-0.05, 0) is 10.4 Å². The van der Waals surface area contributed by atoms with Gasteiger partial charge in [-0.3, -0.25) is 4.79 Å². The maximum atomic E-state index is 11.6. The van der Waals surface area contributed by atoms with E-state index in [0.717, 1.165) is 0 Å². The molecule has 0 unspecified atom stereocenters. The van der Waals surface area contributed by atoms with Crippen LogP contribution in [0.15, 0.2) is 0 Å². The number of ketones is 1. The van der Waals surface area contributed by atoms with E-state index in [1.54, 1.807) is 7.05 Å². The molecule has 0 aliphatic rings. The van der Waals surface area contributed by atoms with Crippen LogP contribution in [0, 0.1) is 5.41 Å². The minimum Gasteiger partial charge on any atom is -0.299 e. The number of carbonyl (C=O) groups excluding carboxylic acids is 1. The highest BCUT2D eigenvalue weighted by Gasteiger charge is 2.22. The van der Waals surface area contributed by atoms with Crippen molar-refractivity contribution in [2.75, 3.05) is 0 Å². The van der Waals surface area contributed by atoms with Crippen LogP contribution < -0.4 is 0 Å². The first-order valence-electron chi connectivity index (χ1n) is 4.16. The van der Waals surface area contributed by atoms with Crippen molar-refractivity contribution in [2.45, 2.75) is 27.2 Å². The fourth-order valence-electron chi connectivity index (χ4n) is 0.807. The number of carbonyl (C=O) groups is 1. The van der Waals surface area contributed by atoms with Gasteiger partial charge in [0, 0.05) is 12.5 Å². The predicted molar refractivity (Wildman–Crippen MR) is 47.0 cm³/mol. The standard InChI is InChI=1S/C8H14N4O/c1-8(2,3)6(13)5-7-9-10-11-12(7)4/h5H2,1-4H3. The summed E-state index contributed by atoms with van der Waals surface area (Å²) in [6, 6.07) is 0. The lowest BCUT2D eigenvalue weighted by molar-refractivity contribution is -0.125. The average molecular weight is 182 g/mol. The van der Waals surface area contributed by atoms with Crippen LogP contribution in [0.2, 0.25) is 0 Å². The minimum atomic E-state index is -0.327. The summed E-state index contributed by atoms with van der Waals surface area (Å²) in [6.07, 6.45) is 0.299. The van der Waals surface area contributed by atoms with Gasteiger partial charge in [0.2, 0.25) is 0 Å². The molecule has 1 heterocycles. The fourth-order valence-corrected chi connectivity index (χ4v) is 0.807. The topological polar surface area (TPSA) is 60.7 Å². The van der Waals surface area contributed by atoms with Crippen LogP contribution in [0.5, 0.6) is 0 Å². The highest BCUT2D eigenvalue weighted by Crippen LogP contribution is 2.16. The lowest BCUT2D eigenvalue weighted by atomic mass is 9.89. The summed E-state index contributed by atoms with van der Waals surface area (Å²) in [7, 11) is 1.73. The zero-order valence-corrected chi connectivity index (χ0v) is 8.40. The SMILES string of the molecule is Cn1nnnc1CC(=O)C(C)(C)C. The van der Waals surface area contributed by atoms with Crippen molar-refractivity contribution in [3.63, 3.8) is 0 Å². The van der Waals surface area contributed by atoms with E-state index in [-0.39, 0.29) is 11.2 Å². The number of tetrazole rings is 1. The molecule has 0 spiro atoms. The molecular weight excluding hydrogens is 168 g/mol. The Bertz CT molecular complexity index is 310. The summed E-state index contributed by atoms with van der Waals surface area (Å²) in [5.74, 6) is 0.755. The van der Waals surface area contributed by atoms with Gasteiger partial charge in [0.05, 0.1) is 6.42 Å². The Morgan fingerprint density at radius 2 is 2.08 bits per heavy atom. The molecule has 1 aromatic heterocycles. The van der Waals surface area contributed by atoms with E-state index in [1.807, 2.05) is 20.8 Å². The summed E-state index contributed by atoms with van der Waals surface area (Å²) in [4.78, 5) is 11.6. The van der Waals surface area contributed by atoms with E-state index in [1.165, 1.54) is 4.68 Å². The molecule has 0 amide bonds. The van der Waals surface area contributed by atoms with Crippen molar-refractivity contribution >= 4 is 5.78 Å². The second kappa shape index (κ2) is 3.24. The molecule has 0 N–H and O–H groups in total. The number of nitrogens with zero attached hydrogens (tertiary/aromatic N) is 4. The summed E-state index contributed by atoms with van der Waals surface area (Å²) in [6.45, 7) is 5.66. The smallest absolute Gasteiger partial charge is 0.158 e. The van der Waals surface area contributed by atoms with E-state index in [4.69, 9.17) is 0 Å². The third kappa shape index (κ3) is 2.34. The van der Waals surface area contributed by atoms with Gasteiger partial charge < -0.3 is 0 Å². The Morgan fingerprint density at radius 1 is 1.46 bits per heavy atom. The molecule has 0 aliphatic heterocycles. The van der Waals surface area contributed by atoms with Crippen molar-refractivity contribution in [3.05, 3.63) is 5.82 Å². The zero-order valence-electron chi connectivity index (χ0n) is 8.40. The molecular formula is C8H14N4O. The molecule has 72 valence electrons. The second-order valence-electron chi connectivity index (χ2n) is 4.07. The molecule has 0 saturated carbocycles. The van der Waals surface area contributed by atoms with Crippen molar-refractivity contribution in [3.8, 4) is 0 Å². The number of hydrogen-bond donors (Lipinski definition) is 0. The maximum absolute atomic E-state index is 11.6. The van der Waals surface area contributed by atoms with Crippen LogP contribution >= 0.6 is 0 Å². The van der Waals surface area contributed by atoms with Gasteiger partial charge in [0.1, 0.15) is 5.78 Å². The quantitative estimate of drug-likeness (QED) is 0.663. The lowest BCUT2D eigenvalue weighted by Gasteiger charge is -2.15. The highest BCUT2D eigenvalue weighted by atomic mass is 16.1. The van der Waals surface area contributed by atoms with E-state index >= 15 is 0 Å². The van der Waals surface area contributed by atoms with Crippen LogP contribution in [0.4, 0.5) is 0 Å². The molecule has 0 saturated heterocycles. The number of rotatable bonds is 2. The van der Waals surface area contributed by atoms with Gasteiger partial charge in [0.15, 0.2) is 5.82 Å². The zero-order chi connectivity index (χ0) is 10.1. The molecule has 0 aliphatic carbocycles. The van der Waals surface area contributed by atoms with Crippen molar-refractivity contribution < 1.29 is 4.79 Å². The van der Waals surface area contributed by atoms with E-state index < -0.39 is 0 Å². The van der Waals surface area contributed by atoms with Crippen LogP contribution in [-0.4, -0.2) is 26.0 Å². The van der Waals surface area contributed by atoms with Crippen LogP contribution in [0.3, 0.4) is 0 Å². The lowest BCUT2D eigenvalue weighted by Crippen LogP contribution is -2.23. The van der Waals surface area contributed by atoms with Gasteiger partial charge in [-0.2, -0.15) is 0 Å². The van der Waals surface area contributed by atoms with Crippen LogP contribution in [0.1, 0.15) is 26.6 Å². The first-order chi connectivity index (χ1) is 5.91. The Labute approximate surface area is 77.1 Å². The van der Waals surface area contributed by atoms with Crippen LogP contribution in [-0.2, 0) is 18.3 Å². The second-order valence-corrected chi connectivity index (χ2v) is 4.07. The van der Waals surface area contributed by atoms with Gasteiger partial charge in [-0.25, -0.2) is 4.68 Å². The normalized spacial score (nSPS) is 11.7. The fraction of sp³-hybridized carbons (Fsp3) is 0.750. The molecule has 1 rings (SSSR count). The number of aryl methyl sites for hydroxylation is 1. The number of hydrogen-bond acceptors (Lipinski definition) is 4. The molecule has 0 fully saturated rings. The first kappa shape index (κ1) is 9.83. The van der Waals surface area contributed by atoms with Crippen LogP contribution in [0.25, 0.3) is 0 Å². The minimum absolute atomic E-state index is 0.144. The van der Waals surface area contributed by atoms with E-state index in [9.17, 15) is 4.79 Å². The summed E-state index contributed by atoms with van der Waals surface area (Å²) in [5, 5.41) is 10.9. The Balaban J connectivity index is 2.71. The van der Waals surface area contributed by atoms with Gasteiger partial charge in [-0.1, -0.05) is 20.8 Å². The third-order valence-electron chi connectivity index (χ3n) is 1.86. The maximum Gasteiger partial charge on any atom is 0.158 e. The third-order valence-corrected chi connectivity index (χ3v) is 1.86. The molecule has 0 atom stereocenters. The first-order valence-corrected chi connectivity index (χ1v) is 4.16. The molecule has 0 aromatic carbocycles. The number of Topliss-reactive ketones (excluding diaryl/α,β-unsaturated/α-hetero) is 1. The summed E-state index contributed by atoms with van der Waals surface area (Å²) in [5.41, 5.74) is -0.327. The van der Waals surface area contributed by atoms with Gasteiger partial charge in [0.25, 0.3) is 0 Å². The summed E-state index contributed by atoms with van der Waals surface area (Å²) >= 11 is 0. The molecule has 5 nitrogen and oxygen atoms in total. The Hall–Kier alpha value is -1.26. The average Bonchev–Trinajstić information content (AvgIpc) is 2.34. The molecule has 0 radical (unpaired) electrons. The van der Waals surface area contributed by atoms with E-state index in [0.29, 0.717) is 12.2 Å². The predicted octanol–water partition coefficient (Wildman–Crippen LogP) is 0.368. The van der Waals surface area contributed by atoms with Crippen molar-refractivity contribution in [2.24, 2.45) is 12.5 Å².